The van der Waals surface area contributed by atoms with Crippen LogP contribution in [0.2, 0.25) is 5.02 Å². The highest BCUT2D eigenvalue weighted by Crippen LogP contribution is 2.32. The highest BCUT2D eigenvalue weighted by atomic mass is 35.5. The van der Waals surface area contributed by atoms with E-state index in [4.69, 9.17) is 16.3 Å². The van der Waals surface area contributed by atoms with Crippen LogP contribution in [0.5, 0.6) is 17.2 Å². The molecule has 0 unspecified atom stereocenters. The first-order chi connectivity index (χ1) is 12.7. The lowest BCUT2D eigenvalue weighted by molar-refractivity contribution is -0.274. The fourth-order valence-electron chi connectivity index (χ4n) is 2.31. The molecule has 146 valence electrons. The molecule has 0 saturated carbocycles. The summed E-state index contributed by atoms with van der Waals surface area (Å²) < 4.78 is 46.6. The summed E-state index contributed by atoms with van der Waals surface area (Å²) in [5.74, 6) is -0.805. The fraction of sp³-hybridized carbons (Fsp3) is 0.278. The van der Waals surface area contributed by atoms with Gasteiger partial charge in [-0.05, 0) is 37.1 Å². The molecule has 0 saturated heterocycles. The minimum Gasteiger partial charge on any atom is -0.508 e. The molecule has 0 fully saturated rings. The topological polar surface area (TPSA) is 67.8 Å². The van der Waals surface area contributed by atoms with E-state index in [1.807, 2.05) is 0 Å². The Labute approximate surface area is 158 Å². The summed E-state index contributed by atoms with van der Waals surface area (Å²) in [6.07, 6.45) is -4.49. The van der Waals surface area contributed by atoms with Gasteiger partial charge in [0.15, 0.2) is 0 Å². The number of halogens is 4. The molecule has 9 heteroatoms. The van der Waals surface area contributed by atoms with Crippen LogP contribution in [0.15, 0.2) is 36.4 Å². The summed E-state index contributed by atoms with van der Waals surface area (Å²) in [6.45, 7) is 2.11. The van der Waals surface area contributed by atoms with Crippen LogP contribution in [0, 0.1) is 6.92 Å². The molecule has 0 atom stereocenters. The van der Waals surface area contributed by atoms with Crippen molar-refractivity contribution in [1.82, 2.24) is 5.32 Å². The Kier molecular flexibility index (Phi) is 6.79. The van der Waals surface area contributed by atoms with E-state index in [1.54, 1.807) is 6.92 Å². The molecular weight excluding hydrogens is 387 g/mol. The molecule has 0 radical (unpaired) electrons. The predicted octanol–water partition coefficient (Wildman–Crippen LogP) is 4.45. The zero-order chi connectivity index (χ0) is 20.0. The number of para-hydroxylation sites is 1. The zero-order valence-electron chi connectivity index (χ0n) is 14.3. The maximum Gasteiger partial charge on any atom is 0.573 e. The summed E-state index contributed by atoms with van der Waals surface area (Å²) in [7, 11) is 0. The molecule has 0 heterocycles. The smallest absolute Gasteiger partial charge is 0.508 e. The molecule has 5 nitrogen and oxygen atoms in total. The van der Waals surface area contributed by atoms with Gasteiger partial charge in [-0.3, -0.25) is 4.79 Å². The van der Waals surface area contributed by atoms with Crippen molar-refractivity contribution >= 4 is 17.5 Å². The van der Waals surface area contributed by atoms with E-state index in [0.717, 1.165) is 6.07 Å². The molecule has 0 bridgehead atoms. The lowest BCUT2D eigenvalue weighted by atomic mass is 10.2. The number of carbonyl (C=O) groups is 1. The SMILES string of the molecule is Cc1cc(O)cc(Cl)c1OCCCNC(=O)c1ccccc1OC(F)(F)F. The fourth-order valence-corrected chi connectivity index (χ4v) is 2.62. The lowest BCUT2D eigenvalue weighted by Gasteiger charge is -2.14. The first kappa shape index (κ1) is 20.7. The van der Waals surface area contributed by atoms with Gasteiger partial charge >= 0.3 is 6.36 Å². The van der Waals surface area contributed by atoms with Gasteiger partial charge in [-0.1, -0.05) is 23.7 Å². The number of aromatic hydroxyl groups is 1. The Bertz CT molecular complexity index is 788. The van der Waals surface area contributed by atoms with Gasteiger partial charge in [-0.15, -0.1) is 13.2 Å². The van der Waals surface area contributed by atoms with Crippen molar-refractivity contribution in [2.75, 3.05) is 13.2 Å². The molecule has 0 aliphatic carbocycles. The van der Waals surface area contributed by atoms with E-state index < -0.39 is 18.0 Å². The van der Waals surface area contributed by atoms with E-state index in [1.165, 1.54) is 30.3 Å². The summed E-state index contributed by atoms with van der Waals surface area (Å²) in [5, 5.41) is 12.2. The number of hydrogen-bond acceptors (Lipinski definition) is 4. The van der Waals surface area contributed by atoms with E-state index in [-0.39, 0.29) is 29.5 Å². The Morgan fingerprint density at radius 1 is 1.26 bits per heavy atom. The number of ether oxygens (including phenoxy) is 2. The van der Waals surface area contributed by atoms with Gasteiger partial charge in [0.2, 0.25) is 0 Å². The summed E-state index contributed by atoms with van der Waals surface area (Å²) in [6, 6.07) is 7.95. The number of benzene rings is 2. The largest absolute Gasteiger partial charge is 0.573 e. The highest BCUT2D eigenvalue weighted by Gasteiger charge is 2.32. The number of aryl methyl sites for hydroxylation is 1. The standard InChI is InChI=1S/C18H17ClF3NO4/c1-11-9-12(24)10-14(19)16(11)26-8-4-7-23-17(25)13-5-2-3-6-15(13)27-18(20,21)22/h2-3,5-6,9-10,24H,4,7-8H2,1H3,(H,23,25). The van der Waals surface area contributed by atoms with Crippen molar-refractivity contribution in [3.8, 4) is 17.2 Å². The molecule has 2 N–H and O–H groups in total. The van der Waals surface area contributed by atoms with Gasteiger partial charge < -0.3 is 19.9 Å². The average molecular weight is 404 g/mol. The first-order valence-electron chi connectivity index (χ1n) is 7.92. The molecule has 0 aliphatic rings. The third-order valence-corrected chi connectivity index (χ3v) is 3.71. The summed E-state index contributed by atoms with van der Waals surface area (Å²) >= 11 is 5.99. The van der Waals surface area contributed by atoms with Crippen molar-refractivity contribution in [3.63, 3.8) is 0 Å². The predicted molar refractivity (Wildman–Crippen MR) is 93.4 cm³/mol. The molecule has 2 aromatic carbocycles. The normalized spacial score (nSPS) is 11.1. The van der Waals surface area contributed by atoms with Crippen molar-refractivity contribution in [1.29, 1.82) is 0 Å². The summed E-state index contributed by atoms with van der Waals surface area (Å²) in [4.78, 5) is 12.1. The Morgan fingerprint density at radius 2 is 1.96 bits per heavy atom. The minimum absolute atomic E-state index is 0.0249. The molecule has 0 spiro atoms. The number of phenols is 1. The third-order valence-electron chi connectivity index (χ3n) is 3.42. The molecule has 1 amide bonds. The van der Waals surface area contributed by atoms with E-state index in [9.17, 15) is 23.1 Å². The van der Waals surface area contributed by atoms with E-state index >= 15 is 0 Å². The van der Waals surface area contributed by atoms with Gasteiger partial charge in [0.1, 0.15) is 17.2 Å². The Balaban J connectivity index is 1.85. The number of alkyl halides is 3. The molecule has 0 aliphatic heterocycles. The number of rotatable bonds is 7. The Hall–Kier alpha value is -2.61. The van der Waals surface area contributed by atoms with Crippen LogP contribution in [-0.4, -0.2) is 30.5 Å². The van der Waals surface area contributed by atoms with Crippen LogP contribution in [0.25, 0.3) is 0 Å². The average Bonchev–Trinajstić information content (AvgIpc) is 2.55. The molecule has 27 heavy (non-hydrogen) atoms. The molecule has 2 rings (SSSR count). The van der Waals surface area contributed by atoms with E-state index in [0.29, 0.717) is 17.7 Å². The van der Waals surface area contributed by atoms with Crippen LogP contribution in [-0.2, 0) is 0 Å². The second kappa shape index (κ2) is 8.85. The monoisotopic (exact) mass is 403 g/mol. The minimum atomic E-state index is -4.88. The lowest BCUT2D eigenvalue weighted by Crippen LogP contribution is -2.27. The van der Waals surface area contributed by atoms with E-state index in [2.05, 4.69) is 10.1 Å². The maximum absolute atomic E-state index is 12.4. The second-order valence-electron chi connectivity index (χ2n) is 5.58. The molecule has 2 aromatic rings. The quantitative estimate of drug-likeness (QED) is 0.670. The summed E-state index contributed by atoms with van der Waals surface area (Å²) in [5.41, 5.74) is 0.440. The molecular formula is C18H17ClF3NO4. The van der Waals surface area contributed by atoms with Gasteiger partial charge in [-0.25, -0.2) is 0 Å². The van der Waals surface area contributed by atoms with Crippen LogP contribution in [0.1, 0.15) is 22.3 Å². The number of nitrogens with one attached hydrogen (secondary N) is 1. The number of phenolic OH excluding ortho intramolecular Hbond substituents is 1. The van der Waals surface area contributed by atoms with Crippen molar-refractivity contribution < 1.29 is 32.5 Å². The molecule has 0 aromatic heterocycles. The van der Waals surface area contributed by atoms with Crippen LogP contribution in [0.4, 0.5) is 13.2 Å². The third kappa shape index (κ3) is 6.25. The van der Waals surface area contributed by atoms with Crippen molar-refractivity contribution in [2.45, 2.75) is 19.7 Å². The number of carbonyl (C=O) groups excluding carboxylic acids is 1. The number of amides is 1. The van der Waals surface area contributed by atoms with Gasteiger partial charge in [0.25, 0.3) is 5.91 Å². The second-order valence-corrected chi connectivity index (χ2v) is 5.98. The maximum atomic E-state index is 12.4. The van der Waals surface area contributed by atoms with Gasteiger partial charge in [0.05, 0.1) is 17.2 Å². The van der Waals surface area contributed by atoms with Gasteiger partial charge in [-0.2, -0.15) is 0 Å². The van der Waals surface area contributed by atoms with Crippen LogP contribution < -0.4 is 14.8 Å². The first-order valence-corrected chi connectivity index (χ1v) is 8.30. The van der Waals surface area contributed by atoms with Crippen LogP contribution in [0.3, 0.4) is 0 Å². The number of hydrogen-bond donors (Lipinski definition) is 2. The van der Waals surface area contributed by atoms with Crippen molar-refractivity contribution in [2.24, 2.45) is 0 Å². The van der Waals surface area contributed by atoms with Crippen molar-refractivity contribution in [3.05, 3.63) is 52.5 Å². The highest BCUT2D eigenvalue weighted by molar-refractivity contribution is 6.32. The Morgan fingerprint density at radius 3 is 2.63 bits per heavy atom. The van der Waals surface area contributed by atoms with Gasteiger partial charge in [0, 0.05) is 12.6 Å². The van der Waals surface area contributed by atoms with Crippen LogP contribution >= 0.6 is 11.6 Å². The zero-order valence-corrected chi connectivity index (χ0v) is 15.0.